The molecule has 0 bridgehead atoms. The van der Waals surface area contributed by atoms with Crippen LogP contribution >= 0.6 is 15.9 Å². The Morgan fingerprint density at radius 3 is 2.55 bits per heavy atom. The average Bonchev–Trinajstić information content (AvgIpc) is 2.77. The van der Waals surface area contributed by atoms with Gasteiger partial charge >= 0.3 is 0 Å². The molecule has 2 heterocycles. The molecule has 1 aromatic heterocycles. The number of aromatic nitrogens is 2. The lowest BCUT2D eigenvalue weighted by Crippen LogP contribution is -2.36. The fraction of sp³-hybridized carbons (Fsp3) is 0.800. The zero-order valence-electron chi connectivity index (χ0n) is 13.0. The fourth-order valence-corrected chi connectivity index (χ4v) is 3.71. The number of hydrogen-bond donors (Lipinski definition) is 1. The van der Waals surface area contributed by atoms with Gasteiger partial charge in [0.05, 0.1) is 15.9 Å². The minimum Gasteiger partial charge on any atom is -0.319 e. The Morgan fingerprint density at radius 1 is 1.30 bits per heavy atom. The zero-order chi connectivity index (χ0) is 14.5. The number of aryl methyl sites for hydroxylation is 2. The van der Waals surface area contributed by atoms with Crippen LogP contribution in [0.4, 0.5) is 0 Å². The molecule has 1 aliphatic rings. The van der Waals surface area contributed by atoms with Crippen molar-refractivity contribution in [2.24, 2.45) is 5.92 Å². The number of nitrogens with one attached hydrogen (secondary N) is 1. The summed E-state index contributed by atoms with van der Waals surface area (Å²) in [4.78, 5) is 2.57. The van der Waals surface area contributed by atoms with Gasteiger partial charge < -0.3 is 5.32 Å². The maximum absolute atomic E-state index is 4.69. The van der Waals surface area contributed by atoms with Crippen molar-refractivity contribution in [1.82, 2.24) is 20.0 Å². The standard InChI is InChI=1S/C15H27BrN4/c1-4-13-15(16)14(20(5-2)18-13)11-19-8-6-12(7-9-19)10-17-3/h12,17H,4-11H2,1-3H3. The Kier molecular flexibility index (Phi) is 6.05. The van der Waals surface area contributed by atoms with Crippen molar-refractivity contribution >= 4 is 15.9 Å². The Bertz CT molecular complexity index is 422. The van der Waals surface area contributed by atoms with Crippen LogP contribution in [-0.4, -0.2) is 41.4 Å². The van der Waals surface area contributed by atoms with Crippen molar-refractivity contribution in [2.75, 3.05) is 26.7 Å². The predicted molar refractivity (Wildman–Crippen MR) is 86.9 cm³/mol. The summed E-state index contributed by atoms with van der Waals surface area (Å²) in [6, 6.07) is 0. The zero-order valence-corrected chi connectivity index (χ0v) is 14.5. The molecule has 20 heavy (non-hydrogen) atoms. The van der Waals surface area contributed by atoms with E-state index in [4.69, 9.17) is 0 Å². The van der Waals surface area contributed by atoms with Crippen LogP contribution < -0.4 is 5.32 Å². The van der Waals surface area contributed by atoms with E-state index in [0.717, 1.165) is 32.0 Å². The van der Waals surface area contributed by atoms with E-state index in [1.807, 2.05) is 0 Å². The van der Waals surface area contributed by atoms with Crippen molar-refractivity contribution < 1.29 is 0 Å². The molecule has 2 rings (SSSR count). The van der Waals surface area contributed by atoms with Gasteiger partial charge in [0.1, 0.15) is 0 Å². The minimum atomic E-state index is 0.849. The monoisotopic (exact) mass is 342 g/mol. The third kappa shape index (κ3) is 3.62. The van der Waals surface area contributed by atoms with Crippen LogP contribution in [0, 0.1) is 5.92 Å². The number of likely N-dealkylation sites (tertiary alicyclic amines) is 1. The molecular formula is C15H27BrN4. The van der Waals surface area contributed by atoms with E-state index >= 15 is 0 Å². The third-order valence-corrected chi connectivity index (χ3v) is 5.18. The second-order valence-electron chi connectivity index (χ2n) is 5.65. The lowest BCUT2D eigenvalue weighted by atomic mass is 9.97. The number of nitrogens with zero attached hydrogens (tertiary/aromatic N) is 3. The van der Waals surface area contributed by atoms with Gasteiger partial charge in [-0.05, 0) is 74.7 Å². The molecule has 0 amide bonds. The van der Waals surface area contributed by atoms with Crippen molar-refractivity contribution in [1.29, 1.82) is 0 Å². The van der Waals surface area contributed by atoms with E-state index in [-0.39, 0.29) is 0 Å². The van der Waals surface area contributed by atoms with E-state index in [2.05, 4.69) is 56.8 Å². The molecular weight excluding hydrogens is 316 g/mol. The van der Waals surface area contributed by atoms with E-state index in [9.17, 15) is 0 Å². The lowest BCUT2D eigenvalue weighted by Gasteiger charge is -2.32. The Balaban J connectivity index is 1.99. The lowest BCUT2D eigenvalue weighted by molar-refractivity contribution is 0.172. The highest BCUT2D eigenvalue weighted by atomic mass is 79.9. The molecule has 4 nitrogen and oxygen atoms in total. The molecule has 1 aromatic rings. The summed E-state index contributed by atoms with van der Waals surface area (Å²) in [6.07, 6.45) is 3.60. The van der Waals surface area contributed by atoms with Crippen molar-refractivity contribution in [3.63, 3.8) is 0 Å². The SMILES string of the molecule is CCc1nn(CC)c(CN2CCC(CNC)CC2)c1Br. The number of halogens is 1. The molecule has 0 aliphatic carbocycles. The Morgan fingerprint density at radius 2 is 2.00 bits per heavy atom. The number of piperidine rings is 1. The average molecular weight is 343 g/mol. The summed E-state index contributed by atoms with van der Waals surface area (Å²) in [5.41, 5.74) is 2.53. The van der Waals surface area contributed by atoms with Crippen LogP contribution in [0.25, 0.3) is 0 Å². The highest BCUT2D eigenvalue weighted by molar-refractivity contribution is 9.10. The van der Waals surface area contributed by atoms with Crippen LogP contribution in [0.15, 0.2) is 4.47 Å². The van der Waals surface area contributed by atoms with Gasteiger partial charge in [0.25, 0.3) is 0 Å². The van der Waals surface area contributed by atoms with Gasteiger partial charge in [-0.2, -0.15) is 5.10 Å². The summed E-state index contributed by atoms with van der Waals surface area (Å²) >= 11 is 3.75. The van der Waals surface area contributed by atoms with Crippen molar-refractivity contribution in [3.05, 3.63) is 15.9 Å². The van der Waals surface area contributed by atoms with Crippen LogP contribution in [0.5, 0.6) is 0 Å². The second kappa shape index (κ2) is 7.57. The van der Waals surface area contributed by atoms with Crippen LogP contribution in [-0.2, 0) is 19.5 Å². The van der Waals surface area contributed by atoms with Crippen LogP contribution in [0.1, 0.15) is 38.1 Å². The van der Waals surface area contributed by atoms with Gasteiger partial charge in [-0.25, -0.2) is 0 Å². The van der Waals surface area contributed by atoms with Gasteiger partial charge in [0.15, 0.2) is 0 Å². The highest BCUT2D eigenvalue weighted by Gasteiger charge is 2.22. The van der Waals surface area contributed by atoms with Crippen LogP contribution in [0.2, 0.25) is 0 Å². The van der Waals surface area contributed by atoms with E-state index in [1.54, 1.807) is 0 Å². The van der Waals surface area contributed by atoms with E-state index < -0.39 is 0 Å². The number of rotatable bonds is 6. The van der Waals surface area contributed by atoms with Crippen LogP contribution in [0.3, 0.4) is 0 Å². The summed E-state index contributed by atoms with van der Waals surface area (Å²) in [5.74, 6) is 0.849. The summed E-state index contributed by atoms with van der Waals surface area (Å²) in [7, 11) is 2.05. The molecule has 5 heteroatoms. The minimum absolute atomic E-state index is 0.849. The molecule has 1 saturated heterocycles. The van der Waals surface area contributed by atoms with E-state index in [0.29, 0.717) is 0 Å². The summed E-state index contributed by atoms with van der Waals surface area (Å²) in [5, 5.41) is 7.99. The molecule has 1 aliphatic heterocycles. The maximum atomic E-state index is 4.69. The highest BCUT2D eigenvalue weighted by Crippen LogP contribution is 2.25. The molecule has 0 saturated carbocycles. The molecule has 1 N–H and O–H groups in total. The van der Waals surface area contributed by atoms with Gasteiger partial charge in [-0.3, -0.25) is 9.58 Å². The largest absolute Gasteiger partial charge is 0.319 e. The first kappa shape index (κ1) is 16.0. The molecule has 0 atom stereocenters. The molecule has 0 aromatic carbocycles. The van der Waals surface area contributed by atoms with Crippen molar-refractivity contribution in [2.45, 2.75) is 46.2 Å². The number of hydrogen-bond acceptors (Lipinski definition) is 3. The topological polar surface area (TPSA) is 33.1 Å². The predicted octanol–water partition coefficient (Wildman–Crippen LogP) is 2.66. The maximum Gasteiger partial charge on any atom is 0.0767 e. The first-order chi connectivity index (χ1) is 9.69. The van der Waals surface area contributed by atoms with E-state index in [1.165, 1.54) is 41.8 Å². The molecule has 114 valence electrons. The molecule has 0 radical (unpaired) electrons. The Hall–Kier alpha value is -0.390. The van der Waals surface area contributed by atoms with Gasteiger partial charge in [0, 0.05) is 13.1 Å². The Labute approximate surface area is 131 Å². The quantitative estimate of drug-likeness (QED) is 0.862. The third-order valence-electron chi connectivity index (χ3n) is 4.27. The second-order valence-corrected chi connectivity index (χ2v) is 6.45. The first-order valence-corrected chi connectivity index (χ1v) is 8.59. The summed E-state index contributed by atoms with van der Waals surface area (Å²) in [6.45, 7) is 9.87. The molecule has 1 fully saturated rings. The fourth-order valence-electron chi connectivity index (χ4n) is 3.02. The van der Waals surface area contributed by atoms with Crippen molar-refractivity contribution in [3.8, 4) is 0 Å². The normalized spacial score (nSPS) is 17.8. The smallest absolute Gasteiger partial charge is 0.0767 e. The molecule has 0 unspecified atom stereocenters. The first-order valence-electron chi connectivity index (χ1n) is 7.80. The molecule has 0 spiro atoms. The summed E-state index contributed by atoms with van der Waals surface area (Å²) < 4.78 is 3.38. The van der Waals surface area contributed by atoms with Gasteiger partial charge in [-0.1, -0.05) is 6.92 Å². The van der Waals surface area contributed by atoms with Gasteiger partial charge in [0.2, 0.25) is 0 Å². The van der Waals surface area contributed by atoms with Gasteiger partial charge in [-0.15, -0.1) is 0 Å².